The molecule has 150 valence electrons. The van der Waals surface area contributed by atoms with E-state index < -0.39 is 10.1 Å². The highest BCUT2D eigenvalue weighted by atomic mass is 32.2. The third kappa shape index (κ3) is 2.51. The van der Waals surface area contributed by atoms with Gasteiger partial charge in [-0.2, -0.15) is 8.42 Å². The molecule has 5 aromatic rings. The fraction of sp³-hybridized carbons (Fsp3) is 0.0909. The van der Waals surface area contributed by atoms with E-state index in [1.807, 2.05) is 19.1 Å². The Balaban J connectivity index is 2.00. The topological polar surface area (TPSA) is 109 Å². The highest BCUT2D eigenvalue weighted by Gasteiger charge is 2.16. The van der Waals surface area contributed by atoms with Crippen molar-refractivity contribution in [3.63, 3.8) is 0 Å². The Bertz CT molecular complexity index is 1780. The van der Waals surface area contributed by atoms with Crippen molar-refractivity contribution < 1.29 is 13.0 Å². The maximum Gasteiger partial charge on any atom is 0.294 e. The molecule has 0 atom stereocenters. The second kappa shape index (κ2) is 6.01. The minimum Gasteiger partial charge on any atom is -0.354 e. The van der Waals surface area contributed by atoms with Crippen LogP contribution in [-0.2, 0) is 17.2 Å². The summed E-state index contributed by atoms with van der Waals surface area (Å²) >= 11 is 0. The SMILES string of the molecule is Cc1cccc2c(=O)c3cc4c(cc3[nH]c12)c(=O)c1ccc(S(=O)(=O)O)cc1n4C. The Labute approximate surface area is 169 Å². The highest BCUT2D eigenvalue weighted by Crippen LogP contribution is 2.25. The van der Waals surface area contributed by atoms with Crippen molar-refractivity contribution in [2.24, 2.45) is 7.05 Å². The number of H-pyrrole nitrogens is 1. The Kier molecular flexibility index (Phi) is 3.71. The van der Waals surface area contributed by atoms with Crippen molar-refractivity contribution >= 4 is 53.7 Å². The maximum absolute atomic E-state index is 13.1. The van der Waals surface area contributed by atoms with Crippen LogP contribution in [0.25, 0.3) is 43.6 Å². The lowest BCUT2D eigenvalue weighted by atomic mass is 10.0. The molecule has 8 heteroatoms. The van der Waals surface area contributed by atoms with Gasteiger partial charge >= 0.3 is 0 Å². The van der Waals surface area contributed by atoms with Crippen molar-refractivity contribution in [2.75, 3.05) is 0 Å². The number of nitrogens with one attached hydrogen (secondary N) is 1. The number of aryl methyl sites for hydroxylation is 2. The maximum atomic E-state index is 13.1. The first-order valence-electron chi connectivity index (χ1n) is 9.16. The summed E-state index contributed by atoms with van der Waals surface area (Å²) < 4.78 is 34.1. The number of pyridine rings is 2. The Morgan fingerprint density at radius 2 is 1.57 bits per heavy atom. The quantitative estimate of drug-likeness (QED) is 0.320. The van der Waals surface area contributed by atoms with E-state index >= 15 is 0 Å². The first-order chi connectivity index (χ1) is 14.2. The van der Waals surface area contributed by atoms with Crippen LogP contribution in [0.3, 0.4) is 0 Å². The monoisotopic (exact) mass is 420 g/mol. The Morgan fingerprint density at radius 1 is 0.867 bits per heavy atom. The van der Waals surface area contributed by atoms with Crippen LogP contribution in [-0.4, -0.2) is 22.5 Å². The number of hydrogen-bond acceptors (Lipinski definition) is 4. The van der Waals surface area contributed by atoms with Crippen LogP contribution in [0.15, 0.2) is 63.0 Å². The van der Waals surface area contributed by atoms with E-state index in [2.05, 4.69) is 4.98 Å². The first kappa shape index (κ1) is 18.5. The number of rotatable bonds is 1. The number of hydrogen-bond donors (Lipinski definition) is 2. The number of fused-ring (bicyclic) bond motifs is 4. The molecule has 0 bridgehead atoms. The van der Waals surface area contributed by atoms with Crippen molar-refractivity contribution in [1.29, 1.82) is 0 Å². The molecular weight excluding hydrogens is 404 g/mol. The lowest BCUT2D eigenvalue weighted by Crippen LogP contribution is -2.12. The van der Waals surface area contributed by atoms with E-state index in [1.54, 1.807) is 29.8 Å². The number of aromatic amines is 1. The molecule has 7 nitrogen and oxygen atoms in total. The van der Waals surface area contributed by atoms with Gasteiger partial charge in [0.2, 0.25) is 0 Å². The molecule has 0 aliphatic heterocycles. The van der Waals surface area contributed by atoms with Gasteiger partial charge in [0.15, 0.2) is 10.9 Å². The van der Waals surface area contributed by atoms with Gasteiger partial charge in [-0.3, -0.25) is 14.1 Å². The van der Waals surface area contributed by atoms with Gasteiger partial charge in [0.1, 0.15) is 0 Å². The predicted octanol–water partition coefficient (Wildman–Crippen LogP) is 3.24. The van der Waals surface area contributed by atoms with Crippen LogP contribution < -0.4 is 10.9 Å². The predicted molar refractivity (Wildman–Crippen MR) is 117 cm³/mol. The normalized spacial score (nSPS) is 12.4. The molecule has 0 amide bonds. The summed E-state index contributed by atoms with van der Waals surface area (Å²) in [7, 11) is -2.73. The summed E-state index contributed by atoms with van der Waals surface area (Å²) in [5.41, 5.74) is 2.61. The van der Waals surface area contributed by atoms with E-state index in [0.29, 0.717) is 38.1 Å². The molecule has 0 spiro atoms. The van der Waals surface area contributed by atoms with Gasteiger partial charge in [-0.25, -0.2) is 0 Å². The van der Waals surface area contributed by atoms with Gasteiger partial charge in [0.05, 0.1) is 27.0 Å². The summed E-state index contributed by atoms with van der Waals surface area (Å²) in [5, 5.41) is 1.71. The molecule has 2 heterocycles. The molecule has 0 unspecified atom stereocenters. The second-order valence-electron chi connectivity index (χ2n) is 7.41. The lowest BCUT2D eigenvalue weighted by Gasteiger charge is -2.13. The van der Waals surface area contributed by atoms with Crippen molar-refractivity contribution in [3.05, 3.63) is 74.5 Å². The standard InChI is InChI=1S/C22H16N2O5S/c1-11-4-3-5-14-20(11)23-17-9-16-19(10-15(17)22(14)26)24(2)18-8-12(30(27,28)29)6-7-13(18)21(16)25/h3-10H,1-2H3,(H,23,26)(H,27,28,29). The summed E-state index contributed by atoms with van der Waals surface area (Å²) in [4.78, 5) is 29.2. The zero-order valence-electron chi connectivity index (χ0n) is 16.1. The summed E-state index contributed by atoms with van der Waals surface area (Å²) in [6, 6.07) is 12.6. The number of para-hydroxylation sites is 1. The highest BCUT2D eigenvalue weighted by molar-refractivity contribution is 7.85. The summed E-state index contributed by atoms with van der Waals surface area (Å²) in [6.07, 6.45) is 0. The van der Waals surface area contributed by atoms with Gasteiger partial charge in [0, 0.05) is 28.6 Å². The van der Waals surface area contributed by atoms with Gasteiger partial charge < -0.3 is 9.55 Å². The van der Waals surface area contributed by atoms with Gasteiger partial charge in [0.25, 0.3) is 10.1 Å². The van der Waals surface area contributed by atoms with Crippen LogP contribution in [0.1, 0.15) is 5.56 Å². The van der Waals surface area contributed by atoms with Crippen molar-refractivity contribution in [3.8, 4) is 0 Å². The third-order valence-electron chi connectivity index (χ3n) is 5.64. The molecule has 3 aromatic carbocycles. The van der Waals surface area contributed by atoms with Gasteiger partial charge in [-0.15, -0.1) is 0 Å². The fourth-order valence-corrected chi connectivity index (χ4v) is 4.56. The molecule has 5 rings (SSSR count). The van der Waals surface area contributed by atoms with Crippen LogP contribution in [0.5, 0.6) is 0 Å². The summed E-state index contributed by atoms with van der Waals surface area (Å²) in [6.45, 7) is 1.91. The fourth-order valence-electron chi connectivity index (χ4n) is 4.06. The molecule has 0 fully saturated rings. The molecule has 0 aliphatic rings. The molecule has 0 aliphatic carbocycles. The Morgan fingerprint density at radius 3 is 2.30 bits per heavy atom. The zero-order valence-corrected chi connectivity index (χ0v) is 16.9. The number of nitrogens with zero attached hydrogens (tertiary/aromatic N) is 1. The molecule has 0 radical (unpaired) electrons. The van der Waals surface area contributed by atoms with E-state index in [4.69, 9.17) is 0 Å². The van der Waals surface area contributed by atoms with Crippen LogP contribution in [0.4, 0.5) is 0 Å². The second-order valence-corrected chi connectivity index (χ2v) is 8.83. The average Bonchev–Trinajstić information content (AvgIpc) is 2.71. The molecule has 30 heavy (non-hydrogen) atoms. The van der Waals surface area contributed by atoms with E-state index in [1.165, 1.54) is 18.2 Å². The van der Waals surface area contributed by atoms with E-state index in [-0.39, 0.29) is 15.8 Å². The summed E-state index contributed by atoms with van der Waals surface area (Å²) in [5.74, 6) is 0. The van der Waals surface area contributed by atoms with Crippen LogP contribution in [0, 0.1) is 6.92 Å². The van der Waals surface area contributed by atoms with E-state index in [9.17, 15) is 22.6 Å². The first-order valence-corrected chi connectivity index (χ1v) is 10.6. The van der Waals surface area contributed by atoms with Crippen LogP contribution >= 0.6 is 0 Å². The molecule has 0 saturated heterocycles. The largest absolute Gasteiger partial charge is 0.354 e. The van der Waals surface area contributed by atoms with Gasteiger partial charge in [-0.05, 0) is 48.9 Å². The minimum absolute atomic E-state index is 0.149. The molecular formula is C22H16N2O5S. The molecule has 2 aromatic heterocycles. The van der Waals surface area contributed by atoms with Crippen molar-refractivity contribution in [1.82, 2.24) is 9.55 Å². The lowest BCUT2D eigenvalue weighted by molar-refractivity contribution is 0.483. The number of aromatic nitrogens is 2. The minimum atomic E-state index is -4.42. The molecule has 0 saturated carbocycles. The third-order valence-corrected chi connectivity index (χ3v) is 6.49. The van der Waals surface area contributed by atoms with Crippen LogP contribution in [0.2, 0.25) is 0 Å². The molecule has 2 N–H and O–H groups in total. The smallest absolute Gasteiger partial charge is 0.294 e. The number of benzene rings is 3. The van der Waals surface area contributed by atoms with Crippen molar-refractivity contribution in [2.45, 2.75) is 11.8 Å². The van der Waals surface area contributed by atoms with E-state index in [0.717, 1.165) is 11.1 Å². The average molecular weight is 420 g/mol. The zero-order chi connectivity index (χ0) is 21.4. The van der Waals surface area contributed by atoms with Gasteiger partial charge in [-0.1, -0.05) is 12.1 Å². The Hall–Kier alpha value is -3.49.